The molecule has 2 N–H and O–H groups in total. The van der Waals surface area contributed by atoms with Gasteiger partial charge in [0, 0.05) is 6.42 Å². The number of hydrogen-bond acceptors (Lipinski definition) is 5. The van der Waals surface area contributed by atoms with Gasteiger partial charge in [-0.2, -0.15) is 0 Å². The summed E-state index contributed by atoms with van der Waals surface area (Å²) in [5.41, 5.74) is 0.471. The lowest BCUT2D eigenvalue weighted by molar-refractivity contribution is -0.137. The van der Waals surface area contributed by atoms with Crippen molar-refractivity contribution in [1.29, 1.82) is 0 Å². The van der Waals surface area contributed by atoms with Gasteiger partial charge >= 0.3 is 12.1 Å². The molecule has 2 aromatic carbocycles. The second-order valence-corrected chi connectivity index (χ2v) is 8.26. The fraction of sp³-hybridized carbons (Fsp3) is 0.348. The third kappa shape index (κ3) is 5.75. The van der Waals surface area contributed by atoms with Crippen molar-refractivity contribution in [1.82, 2.24) is 5.32 Å². The zero-order valence-electron chi connectivity index (χ0n) is 17.7. The molecule has 1 unspecified atom stereocenters. The van der Waals surface area contributed by atoms with E-state index in [9.17, 15) is 19.5 Å². The van der Waals surface area contributed by atoms with Crippen LogP contribution < -0.4 is 15.0 Å². The summed E-state index contributed by atoms with van der Waals surface area (Å²) in [5.74, 6) is -1.40. The van der Waals surface area contributed by atoms with E-state index in [2.05, 4.69) is 5.32 Å². The Labute approximate surface area is 180 Å². The second-order valence-electron chi connectivity index (χ2n) is 8.26. The van der Waals surface area contributed by atoms with Crippen molar-refractivity contribution in [2.45, 2.75) is 44.9 Å². The van der Waals surface area contributed by atoms with Crippen LogP contribution in [-0.4, -0.2) is 47.4 Å². The molecule has 1 heterocycles. The average Bonchev–Trinajstić information content (AvgIpc) is 2.78. The molecule has 31 heavy (non-hydrogen) atoms. The molecule has 0 saturated carbocycles. The van der Waals surface area contributed by atoms with Gasteiger partial charge in [0.15, 0.2) is 0 Å². The van der Waals surface area contributed by atoms with Crippen LogP contribution in [0.5, 0.6) is 5.75 Å². The molecule has 0 bridgehead atoms. The maximum atomic E-state index is 13.5. The highest BCUT2D eigenvalue weighted by atomic mass is 16.6. The van der Waals surface area contributed by atoms with E-state index in [0.29, 0.717) is 17.9 Å². The van der Waals surface area contributed by atoms with E-state index in [1.54, 1.807) is 45.0 Å². The van der Waals surface area contributed by atoms with Crippen LogP contribution in [0.15, 0.2) is 54.6 Å². The minimum absolute atomic E-state index is 0.322. The van der Waals surface area contributed by atoms with Gasteiger partial charge in [-0.15, -0.1) is 0 Å². The first-order valence-corrected chi connectivity index (χ1v) is 9.96. The summed E-state index contributed by atoms with van der Waals surface area (Å²) < 4.78 is 11.5. The smallest absolute Gasteiger partial charge is 0.408 e. The molecular weight excluding hydrogens is 400 g/mol. The molecule has 0 spiro atoms. The topological polar surface area (TPSA) is 105 Å². The molecule has 1 aliphatic rings. The van der Waals surface area contributed by atoms with E-state index in [0.717, 1.165) is 10.5 Å². The first kappa shape index (κ1) is 22.1. The first-order valence-electron chi connectivity index (χ1n) is 9.96. The number of ether oxygens (including phenoxy) is 2. The Balaban J connectivity index is 2.00. The molecule has 0 aliphatic carbocycles. The highest BCUT2D eigenvalue weighted by Crippen LogP contribution is 2.33. The van der Waals surface area contributed by atoms with Gasteiger partial charge < -0.3 is 19.9 Å². The molecule has 164 valence electrons. The predicted molar refractivity (Wildman–Crippen MR) is 114 cm³/mol. The van der Waals surface area contributed by atoms with Crippen molar-refractivity contribution in [3.05, 3.63) is 60.2 Å². The summed E-state index contributed by atoms with van der Waals surface area (Å²) in [6.45, 7) is 4.58. The summed E-state index contributed by atoms with van der Waals surface area (Å²) in [5, 5.41) is 12.0. The number of hydrogen-bond donors (Lipinski definition) is 2. The number of aliphatic carboxylic acids is 1. The van der Waals surface area contributed by atoms with Crippen molar-refractivity contribution in [2.24, 2.45) is 0 Å². The Morgan fingerprint density at radius 1 is 1.10 bits per heavy atom. The van der Waals surface area contributed by atoms with Crippen LogP contribution in [0.1, 0.15) is 26.3 Å². The van der Waals surface area contributed by atoms with Gasteiger partial charge in [-0.05, 0) is 38.5 Å². The number of amides is 2. The molecule has 0 aromatic heterocycles. The molecule has 0 saturated heterocycles. The van der Waals surface area contributed by atoms with Gasteiger partial charge in [0.1, 0.15) is 30.0 Å². The SMILES string of the molecule is CC(C)(C)OC(=O)N[C@@H]1C(=O)N(CC(=O)O)c2ccccc2OC1Cc1ccccc1. The van der Waals surface area contributed by atoms with Crippen LogP contribution in [0.2, 0.25) is 0 Å². The minimum Gasteiger partial charge on any atom is -0.485 e. The number of rotatable bonds is 5. The number of nitrogens with zero attached hydrogens (tertiary/aromatic N) is 1. The lowest BCUT2D eigenvalue weighted by Crippen LogP contribution is -2.56. The fourth-order valence-corrected chi connectivity index (χ4v) is 3.35. The summed E-state index contributed by atoms with van der Waals surface area (Å²) in [6, 6.07) is 15.0. The summed E-state index contributed by atoms with van der Waals surface area (Å²) in [6.07, 6.45) is -1.24. The van der Waals surface area contributed by atoms with Gasteiger partial charge in [0.2, 0.25) is 0 Å². The van der Waals surface area contributed by atoms with Crippen molar-refractivity contribution >= 4 is 23.7 Å². The molecule has 2 atom stereocenters. The first-order chi connectivity index (χ1) is 14.6. The molecule has 0 fully saturated rings. The lowest BCUT2D eigenvalue weighted by Gasteiger charge is -2.28. The zero-order valence-corrected chi connectivity index (χ0v) is 17.7. The highest BCUT2D eigenvalue weighted by Gasteiger charge is 2.40. The van der Waals surface area contributed by atoms with E-state index in [4.69, 9.17) is 9.47 Å². The number of benzene rings is 2. The lowest BCUT2D eigenvalue weighted by atomic mass is 10.0. The number of carboxylic acid groups (broad SMARTS) is 1. The van der Waals surface area contributed by atoms with Crippen molar-refractivity contribution in [3.8, 4) is 5.75 Å². The van der Waals surface area contributed by atoms with Crippen molar-refractivity contribution in [2.75, 3.05) is 11.4 Å². The molecule has 2 aromatic rings. The van der Waals surface area contributed by atoms with Gasteiger partial charge in [-0.1, -0.05) is 42.5 Å². The second kappa shape index (κ2) is 9.07. The Morgan fingerprint density at radius 2 is 1.74 bits per heavy atom. The van der Waals surface area contributed by atoms with E-state index in [-0.39, 0.29) is 0 Å². The summed E-state index contributed by atoms with van der Waals surface area (Å²) in [7, 11) is 0. The van der Waals surface area contributed by atoms with Gasteiger partial charge in [0.25, 0.3) is 5.91 Å². The van der Waals surface area contributed by atoms with E-state index in [1.807, 2.05) is 30.3 Å². The quantitative estimate of drug-likeness (QED) is 0.762. The van der Waals surface area contributed by atoms with Crippen LogP contribution in [0.3, 0.4) is 0 Å². The fourth-order valence-electron chi connectivity index (χ4n) is 3.35. The monoisotopic (exact) mass is 426 g/mol. The van der Waals surface area contributed by atoms with Crippen LogP contribution in [0.25, 0.3) is 0 Å². The highest BCUT2D eigenvalue weighted by molar-refractivity contribution is 6.03. The molecular formula is C23H26N2O6. The third-order valence-corrected chi connectivity index (χ3v) is 4.58. The largest absolute Gasteiger partial charge is 0.485 e. The van der Waals surface area contributed by atoms with Crippen LogP contribution in [-0.2, 0) is 20.7 Å². The Kier molecular flexibility index (Phi) is 6.48. The zero-order chi connectivity index (χ0) is 22.6. The Bertz CT molecular complexity index is 954. The maximum Gasteiger partial charge on any atom is 0.408 e. The van der Waals surface area contributed by atoms with E-state index < -0.39 is 42.3 Å². The average molecular weight is 426 g/mol. The van der Waals surface area contributed by atoms with Crippen LogP contribution in [0, 0.1) is 0 Å². The molecule has 3 rings (SSSR count). The number of carboxylic acids is 1. The molecule has 8 heteroatoms. The van der Waals surface area contributed by atoms with Gasteiger partial charge in [-0.3, -0.25) is 14.5 Å². The molecule has 8 nitrogen and oxygen atoms in total. The minimum atomic E-state index is -1.18. The number of alkyl carbamates (subject to hydrolysis) is 1. The molecule has 0 radical (unpaired) electrons. The maximum absolute atomic E-state index is 13.5. The van der Waals surface area contributed by atoms with E-state index in [1.165, 1.54) is 0 Å². The van der Waals surface area contributed by atoms with Gasteiger partial charge in [0.05, 0.1) is 5.69 Å². The number of nitrogens with one attached hydrogen (secondary N) is 1. The number of para-hydroxylation sites is 2. The van der Waals surface area contributed by atoms with Crippen LogP contribution in [0.4, 0.5) is 10.5 Å². The molecule has 1 aliphatic heterocycles. The predicted octanol–water partition coefficient (Wildman–Crippen LogP) is 3.00. The number of carbonyl (C=O) groups excluding carboxylic acids is 2. The van der Waals surface area contributed by atoms with Crippen molar-refractivity contribution < 1.29 is 29.0 Å². The van der Waals surface area contributed by atoms with Crippen molar-refractivity contribution in [3.63, 3.8) is 0 Å². The molecule has 2 amide bonds. The van der Waals surface area contributed by atoms with Crippen LogP contribution >= 0.6 is 0 Å². The summed E-state index contributed by atoms with van der Waals surface area (Å²) in [4.78, 5) is 38.6. The summed E-state index contributed by atoms with van der Waals surface area (Å²) >= 11 is 0. The number of fused-ring (bicyclic) bond motifs is 1. The Hall–Kier alpha value is -3.55. The normalized spacial score (nSPS) is 18.4. The van der Waals surface area contributed by atoms with E-state index >= 15 is 0 Å². The number of anilines is 1. The third-order valence-electron chi connectivity index (χ3n) is 4.58. The van der Waals surface area contributed by atoms with Gasteiger partial charge in [-0.25, -0.2) is 4.79 Å². The Morgan fingerprint density at radius 3 is 2.39 bits per heavy atom. The standard InChI is InChI=1S/C23H26N2O6/c1-23(2,3)31-22(29)24-20-18(13-15-9-5-4-6-10-15)30-17-12-8-7-11-16(17)25(21(20)28)14-19(26)27/h4-12,18,20H,13-14H2,1-3H3,(H,24,29)(H,26,27)/t18?,20-/m0/s1. The number of carbonyl (C=O) groups is 3.